The summed E-state index contributed by atoms with van der Waals surface area (Å²) < 4.78 is 0. The predicted molar refractivity (Wildman–Crippen MR) is 44.1 cm³/mol. The fourth-order valence-electron chi connectivity index (χ4n) is 0.672. The first-order valence-corrected chi connectivity index (χ1v) is 3.30. The lowest BCUT2D eigenvalue weighted by molar-refractivity contribution is 0.0696. The fraction of sp³-hybridized carbons (Fsp3) is 0.250. The minimum absolute atomic E-state index is 0.236. The average Bonchev–Trinajstić information content (AvgIpc) is 2.08. The maximum atomic E-state index is 10.3. The van der Waals surface area contributed by atoms with Crippen molar-refractivity contribution in [3.05, 3.63) is 29.6 Å². The third kappa shape index (κ3) is 3.12. The van der Waals surface area contributed by atoms with Crippen LogP contribution in [0.5, 0.6) is 0 Å². The SMILES string of the molecule is CO.Cc1cncc(C(=O)O)c1. The van der Waals surface area contributed by atoms with Crippen LogP contribution in [-0.4, -0.2) is 28.3 Å². The molecule has 0 fully saturated rings. The van der Waals surface area contributed by atoms with Crippen LogP contribution in [0.25, 0.3) is 0 Å². The van der Waals surface area contributed by atoms with Crippen molar-refractivity contribution in [2.45, 2.75) is 6.92 Å². The van der Waals surface area contributed by atoms with E-state index in [1.807, 2.05) is 0 Å². The standard InChI is InChI=1S/C7H7NO2.CH4O/c1-5-2-6(7(9)10)4-8-3-5;1-2/h2-4H,1H3,(H,9,10);2H,1H3. The molecule has 0 atom stereocenters. The van der Waals surface area contributed by atoms with E-state index in [2.05, 4.69) is 4.98 Å². The second kappa shape index (κ2) is 5.26. The highest BCUT2D eigenvalue weighted by Gasteiger charge is 2.00. The van der Waals surface area contributed by atoms with Gasteiger partial charge in [0.05, 0.1) is 5.56 Å². The van der Waals surface area contributed by atoms with Crippen molar-refractivity contribution in [3.8, 4) is 0 Å². The number of carboxylic acid groups (broad SMARTS) is 1. The van der Waals surface area contributed by atoms with Gasteiger partial charge in [-0.3, -0.25) is 4.98 Å². The molecular formula is C8H11NO3. The minimum atomic E-state index is -0.934. The Labute approximate surface area is 70.5 Å². The molecule has 1 heterocycles. The van der Waals surface area contributed by atoms with E-state index in [4.69, 9.17) is 10.2 Å². The van der Waals surface area contributed by atoms with E-state index in [-0.39, 0.29) is 5.56 Å². The second-order valence-electron chi connectivity index (χ2n) is 2.06. The van der Waals surface area contributed by atoms with E-state index < -0.39 is 5.97 Å². The van der Waals surface area contributed by atoms with E-state index in [9.17, 15) is 4.79 Å². The highest BCUT2D eigenvalue weighted by Crippen LogP contribution is 1.99. The van der Waals surface area contributed by atoms with Crippen molar-refractivity contribution in [3.63, 3.8) is 0 Å². The maximum Gasteiger partial charge on any atom is 0.337 e. The number of hydrogen-bond donors (Lipinski definition) is 2. The van der Waals surface area contributed by atoms with Crippen molar-refractivity contribution in [1.82, 2.24) is 4.98 Å². The first-order valence-electron chi connectivity index (χ1n) is 3.30. The van der Waals surface area contributed by atoms with Crippen LogP contribution >= 0.6 is 0 Å². The number of rotatable bonds is 1. The third-order valence-corrected chi connectivity index (χ3v) is 1.12. The predicted octanol–water partition coefficient (Wildman–Crippen LogP) is 0.697. The Morgan fingerprint density at radius 2 is 2.00 bits per heavy atom. The molecule has 0 aromatic carbocycles. The molecule has 0 saturated heterocycles. The van der Waals surface area contributed by atoms with Crippen molar-refractivity contribution in [1.29, 1.82) is 0 Å². The first-order chi connectivity index (χ1) is 5.70. The van der Waals surface area contributed by atoms with E-state index in [0.717, 1.165) is 12.7 Å². The normalized spacial score (nSPS) is 8.25. The third-order valence-electron chi connectivity index (χ3n) is 1.12. The number of carboxylic acids is 1. The summed E-state index contributed by atoms with van der Waals surface area (Å²) in [7, 11) is 1.00. The van der Waals surface area contributed by atoms with Gasteiger partial charge in [0.15, 0.2) is 0 Å². The Morgan fingerprint density at radius 3 is 2.33 bits per heavy atom. The molecule has 1 aromatic rings. The highest BCUT2D eigenvalue weighted by molar-refractivity contribution is 5.87. The topological polar surface area (TPSA) is 70.4 Å². The lowest BCUT2D eigenvalue weighted by Gasteiger charge is -1.92. The van der Waals surface area contributed by atoms with Crippen molar-refractivity contribution in [2.75, 3.05) is 7.11 Å². The van der Waals surface area contributed by atoms with Gasteiger partial charge >= 0.3 is 5.97 Å². The number of aliphatic hydroxyl groups is 1. The minimum Gasteiger partial charge on any atom is -0.478 e. The van der Waals surface area contributed by atoms with Gasteiger partial charge in [0.1, 0.15) is 0 Å². The lowest BCUT2D eigenvalue weighted by Crippen LogP contribution is -1.96. The van der Waals surface area contributed by atoms with Crippen LogP contribution in [0.15, 0.2) is 18.5 Å². The lowest BCUT2D eigenvalue weighted by atomic mass is 10.2. The van der Waals surface area contributed by atoms with Crippen LogP contribution in [0.3, 0.4) is 0 Å². The summed E-state index contributed by atoms with van der Waals surface area (Å²) >= 11 is 0. The number of aryl methyl sites for hydroxylation is 1. The fourth-order valence-corrected chi connectivity index (χ4v) is 0.672. The quantitative estimate of drug-likeness (QED) is 0.649. The summed E-state index contributed by atoms with van der Waals surface area (Å²) in [6, 6.07) is 1.58. The zero-order chi connectivity index (χ0) is 9.56. The van der Waals surface area contributed by atoms with Crippen LogP contribution in [-0.2, 0) is 0 Å². The monoisotopic (exact) mass is 169 g/mol. The number of aromatic carboxylic acids is 1. The Kier molecular flexibility index (Phi) is 4.64. The molecule has 12 heavy (non-hydrogen) atoms. The van der Waals surface area contributed by atoms with Crippen LogP contribution in [0.4, 0.5) is 0 Å². The Balaban J connectivity index is 0.000000561. The molecule has 0 spiro atoms. The van der Waals surface area contributed by atoms with Gasteiger partial charge in [-0.2, -0.15) is 0 Å². The van der Waals surface area contributed by atoms with Gasteiger partial charge in [-0.05, 0) is 18.6 Å². The van der Waals surface area contributed by atoms with Gasteiger partial charge in [-0.25, -0.2) is 4.79 Å². The smallest absolute Gasteiger partial charge is 0.337 e. The Bertz CT molecular complexity index is 260. The van der Waals surface area contributed by atoms with Crippen molar-refractivity contribution < 1.29 is 15.0 Å². The van der Waals surface area contributed by atoms with E-state index in [1.54, 1.807) is 19.2 Å². The van der Waals surface area contributed by atoms with Crippen molar-refractivity contribution >= 4 is 5.97 Å². The van der Waals surface area contributed by atoms with Gasteiger partial charge in [0.25, 0.3) is 0 Å². The molecule has 2 N–H and O–H groups in total. The van der Waals surface area contributed by atoms with E-state index in [0.29, 0.717) is 0 Å². The highest BCUT2D eigenvalue weighted by atomic mass is 16.4. The number of hydrogen-bond acceptors (Lipinski definition) is 3. The molecule has 0 bridgehead atoms. The summed E-state index contributed by atoms with van der Waals surface area (Å²) in [5, 5.41) is 15.5. The number of nitrogens with zero attached hydrogens (tertiary/aromatic N) is 1. The molecule has 0 aliphatic carbocycles. The number of pyridine rings is 1. The summed E-state index contributed by atoms with van der Waals surface area (Å²) in [5.41, 5.74) is 1.10. The van der Waals surface area contributed by atoms with Crippen LogP contribution < -0.4 is 0 Å². The van der Waals surface area contributed by atoms with Gasteiger partial charge in [0, 0.05) is 19.5 Å². The molecule has 0 amide bonds. The molecule has 0 radical (unpaired) electrons. The molecule has 4 heteroatoms. The van der Waals surface area contributed by atoms with Gasteiger partial charge < -0.3 is 10.2 Å². The number of carbonyl (C=O) groups is 1. The Hall–Kier alpha value is -1.42. The number of aromatic nitrogens is 1. The van der Waals surface area contributed by atoms with Crippen molar-refractivity contribution in [2.24, 2.45) is 0 Å². The van der Waals surface area contributed by atoms with E-state index in [1.165, 1.54) is 6.20 Å². The molecule has 0 aliphatic rings. The molecular weight excluding hydrogens is 158 g/mol. The first kappa shape index (κ1) is 10.6. The second-order valence-corrected chi connectivity index (χ2v) is 2.06. The maximum absolute atomic E-state index is 10.3. The molecule has 1 rings (SSSR count). The molecule has 1 aromatic heterocycles. The van der Waals surface area contributed by atoms with E-state index >= 15 is 0 Å². The number of aliphatic hydroxyl groups excluding tert-OH is 1. The van der Waals surface area contributed by atoms with Crippen LogP contribution in [0.1, 0.15) is 15.9 Å². The average molecular weight is 169 g/mol. The summed E-state index contributed by atoms with van der Waals surface area (Å²) in [6.07, 6.45) is 2.95. The molecule has 66 valence electrons. The molecule has 0 unspecified atom stereocenters. The molecule has 0 aliphatic heterocycles. The summed E-state index contributed by atoms with van der Waals surface area (Å²) in [4.78, 5) is 14.0. The van der Waals surface area contributed by atoms with Crippen LogP contribution in [0, 0.1) is 6.92 Å². The van der Waals surface area contributed by atoms with Gasteiger partial charge in [-0.15, -0.1) is 0 Å². The Morgan fingerprint density at radius 1 is 1.42 bits per heavy atom. The zero-order valence-electron chi connectivity index (χ0n) is 6.98. The molecule has 4 nitrogen and oxygen atoms in total. The largest absolute Gasteiger partial charge is 0.478 e. The summed E-state index contributed by atoms with van der Waals surface area (Å²) in [6.45, 7) is 1.80. The summed E-state index contributed by atoms with van der Waals surface area (Å²) in [5.74, 6) is -0.934. The zero-order valence-corrected chi connectivity index (χ0v) is 6.98. The van der Waals surface area contributed by atoms with Gasteiger partial charge in [-0.1, -0.05) is 0 Å². The van der Waals surface area contributed by atoms with Crippen LogP contribution in [0.2, 0.25) is 0 Å². The van der Waals surface area contributed by atoms with Gasteiger partial charge in [0.2, 0.25) is 0 Å². The molecule has 0 saturated carbocycles.